The minimum Gasteiger partial charge on any atom is -0.463 e. The minimum absolute atomic E-state index is 0.303. The van der Waals surface area contributed by atoms with Gasteiger partial charge in [-0.05, 0) is 36.6 Å². The third-order valence-corrected chi connectivity index (χ3v) is 4.65. The van der Waals surface area contributed by atoms with Crippen molar-refractivity contribution in [3.63, 3.8) is 0 Å². The second-order valence-corrected chi connectivity index (χ2v) is 6.41. The molecule has 2 N–H and O–H groups in total. The summed E-state index contributed by atoms with van der Waals surface area (Å²) in [5, 5.41) is 1.13. The third-order valence-electron chi connectivity index (χ3n) is 4.65. The first kappa shape index (κ1) is 14.2. The summed E-state index contributed by atoms with van der Waals surface area (Å²) < 4.78 is 8.24. The first-order valence-corrected chi connectivity index (χ1v) is 8.40. The standard InChI is InChI=1S/C19H17N5O/c20-19-22-8-12-3-1-5-17-15(18(12)23-19)7-14(25-17)10-24-9-13-4-2-6-21-16(13)11-24/h2,4,6-9,11H,1,3,5,10H2,(H2,20,22,23). The summed E-state index contributed by atoms with van der Waals surface area (Å²) in [6, 6.07) is 6.10. The van der Waals surface area contributed by atoms with Crippen molar-refractivity contribution in [1.29, 1.82) is 0 Å². The van der Waals surface area contributed by atoms with Crippen LogP contribution in [0.5, 0.6) is 0 Å². The van der Waals surface area contributed by atoms with Crippen LogP contribution in [0.25, 0.3) is 22.2 Å². The number of anilines is 1. The van der Waals surface area contributed by atoms with Gasteiger partial charge in [0.15, 0.2) is 0 Å². The Labute approximate surface area is 144 Å². The Hall–Kier alpha value is -3.15. The van der Waals surface area contributed by atoms with E-state index in [4.69, 9.17) is 10.2 Å². The van der Waals surface area contributed by atoms with E-state index >= 15 is 0 Å². The fraction of sp³-hybridized carbons (Fsp3) is 0.211. The average molecular weight is 331 g/mol. The highest BCUT2D eigenvalue weighted by atomic mass is 16.3. The van der Waals surface area contributed by atoms with Crippen LogP contribution in [0.3, 0.4) is 0 Å². The minimum atomic E-state index is 0.303. The summed E-state index contributed by atoms with van der Waals surface area (Å²) in [5.41, 5.74) is 9.88. The van der Waals surface area contributed by atoms with Crippen LogP contribution >= 0.6 is 0 Å². The molecule has 5 rings (SSSR count). The third kappa shape index (κ3) is 2.46. The van der Waals surface area contributed by atoms with E-state index in [2.05, 4.69) is 37.8 Å². The zero-order valence-corrected chi connectivity index (χ0v) is 13.6. The van der Waals surface area contributed by atoms with E-state index in [0.717, 1.165) is 58.5 Å². The number of nitrogen functional groups attached to an aromatic ring is 1. The number of nitrogens with zero attached hydrogens (tertiary/aromatic N) is 4. The summed E-state index contributed by atoms with van der Waals surface area (Å²) in [6.07, 6.45) is 10.6. The first-order valence-electron chi connectivity index (χ1n) is 8.40. The number of pyridine rings is 1. The molecule has 4 aromatic rings. The lowest BCUT2D eigenvalue weighted by molar-refractivity contribution is 0.451. The molecular formula is C19H17N5O. The van der Waals surface area contributed by atoms with Gasteiger partial charge in [-0.25, -0.2) is 9.97 Å². The predicted octanol–water partition coefficient (Wildman–Crippen LogP) is 3.21. The zero-order chi connectivity index (χ0) is 16.8. The number of nitrogens with two attached hydrogens (primary N) is 1. The molecule has 0 saturated carbocycles. The van der Waals surface area contributed by atoms with E-state index < -0.39 is 0 Å². The van der Waals surface area contributed by atoms with E-state index in [0.29, 0.717) is 12.5 Å². The number of aromatic nitrogens is 4. The van der Waals surface area contributed by atoms with Crippen LogP contribution in [-0.2, 0) is 19.4 Å². The largest absolute Gasteiger partial charge is 0.463 e. The fourth-order valence-electron chi connectivity index (χ4n) is 3.52. The topological polar surface area (TPSA) is 82.8 Å². The molecule has 0 saturated heterocycles. The maximum Gasteiger partial charge on any atom is 0.220 e. The Kier molecular flexibility index (Phi) is 3.09. The van der Waals surface area contributed by atoms with Gasteiger partial charge in [-0.3, -0.25) is 4.98 Å². The summed E-state index contributed by atoms with van der Waals surface area (Å²) in [7, 11) is 0. The molecule has 0 aromatic carbocycles. The van der Waals surface area contributed by atoms with Crippen LogP contribution in [0.2, 0.25) is 0 Å². The lowest BCUT2D eigenvalue weighted by Crippen LogP contribution is -1.99. The maximum absolute atomic E-state index is 6.14. The van der Waals surface area contributed by atoms with Crippen LogP contribution < -0.4 is 5.73 Å². The van der Waals surface area contributed by atoms with Crippen LogP contribution in [-0.4, -0.2) is 19.5 Å². The highest BCUT2D eigenvalue weighted by Crippen LogP contribution is 2.33. The van der Waals surface area contributed by atoms with Crippen molar-refractivity contribution in [2.75, 3.05) is 5.73 Å². The molecule has 0 bridgehead atoms. The van der Waals surface area contributed by atoms with Gasteiger partial charge in [0.2, 0.25) is 5.95 Å². The summed E-state index contributed by atoms with van der Waals surface area (Å²) >= 11 is 0. The van der Waals surface area contributed by atoms with Crippen LogP contribution in [0.4, 0.5) is 5.95 Å². The van der Waals surface area contributed by atoms with Gasteiger partial charge in [-0.1, -0.05) is 0 Å². The van der Waals surface area contributed by atoms with E-state index in [1.54, 1.807) is 0 Å². The Morgan fingerprint density at radius 1 is 1.20 bits per heavy atom. The van der Waals surface area contributed by atoms with Gasteiger partial charge in [0, 0.05) is 42.2 Å². The molecule has 25 heavy (non-hydrogen) atoms. The van der Waals surface area contributed by atoms with Gasteiger partial charge in [0.1, 0.15) is 11.5 Å². The van der Waals surface area contributed by atoms with E-state index in [-0.39, 0.29) is 0 Å². The van der Waals surface area contributed by atoms with Crippen molar-refractivity contribution in [2.45, 2.75) is 25.8 Å². The number of fused-ring (bicyclic) bond motifs is 4. The first-order chi connectivity index (χ1) is 12.3. The molecule has 1 aliphatic rings. The Bertz CT molecular complexity index is 1050. The number of aryl methyl sites for hydroxylation is 2. The van der Waals surface area contributed by atoms with E-state index in [9.17, 15) is 0 Å². The fourth-order valence-corrected chi connectivity index (χ4v) is 3.52. The SMILES string of the molecule is Nc1ncc2c(n1)-c1cc(Cn3cc4cccnc4c3)oc1CCC2. The van der Waals surface area contributed by atoms with Gasteiger partial charge >= 0.3 is 0 Å². The molecule has 6 nitrogen and oxygen atoms in total. The van der Waals surface area contributed by atoms with E-state index in [1.165, 1.54) is 0 Å². The highest BCUT2D eigenvalue weighted by Gasteiger charge is 2.21. The summed E-state index contributed by atoms with van der Waals surface area (Å²) in [4.78, 5) is 13.0. The van der Waals surface area contributed by atoms with Gasteiger partial charge in [-0.2, -0.15) is 0 Å². The molecule has 6 heteroatoms. The molecule has 4 heterocycles. The molecule has 1 aliphatic carbocycles. The monoisotopic (exact) mass is 331 g/mol. The van der Waals surface area contributed by atoms with Crippen molar-refractivity contribution >= 4 is 16.9 Å². The molecule has 4 aromatic heterocycles. The Balaban J connectivity index is 1.54. The average Bonchev–Trinajstić information content (AvgIpc) is 3.15. The van der Waals surface area contributed by atoms with Gasteiger partial charge in [0.05, 0.1) is 17.8 Å². The zero-order valence-electron chi connectivity index (χ0n) is 13.6. The molecular weight excluding hydrogens is 314 g/mol. The molecule has 0 radical (unpaired) electrons. The van der Waals surface area contributed by atoms with Crippen molar-refractivity contribution in [3.8, 4) is 11.3 Å². The highest BCUT2D eigenvalue weighted by molar-refractivity contribution is 5.77. The number of hydrogen-bond acceptors (Lipinski definition) is 5. The van der Waals surface area contributed by atoms with Gasteiger partial charge < -0.3 is 14.7 Å². The summed E-state index contributed by atoms with van der Waals surface area (Å²) in [5.74, 6) is 2.20. The number of furan rings is 1. The Morgan fingerprint density at radius 3 is 3.08 bits per heavy atom. The second kappa shape index (κ2) is 5.44. The van der Waals surface area contributed by atoms with Crippen LogP contribution in [0.1, 0.15) is 23.5 Å². The predicted molar refractivity (Wildman–Crippen MR) is 95.0 cm³/mol. The smallest absolute Gasteiger partial charge is 0.220 e. The lowest BCUT2D eigenvalue weighted by Gasteiger charge is -2.04. The van der Waals surface area contributed by atoms with Crippen molar-refractivity contribution < 1.29 is 4.42 Å². The van der Waals surface area contributed by atoms with Gasteiger partial charge in [-0.15, -0.1) is 0 Å². The van der Waals surface area contributed by atoms with Crippen molar-refractivity contribution in [3.05, 3.63) is 60.1 Å². The summed E-state index contributed by atoms with van der Waals surface area (Å²) in [6.45, 7) is 0.666. The quantitative estimate of drug-likeness (QED) is 0.610. The normalized spacial score (nSPS) is 13.4. The van der Waals surface area contributed by atoms with E-state index in [1.807, 2.05) is 24.7 Å². The Morgan fingerprint density at radius 2 is 2.16 bits per heavy atom. The van der Waals surface area contributed by atoms with Crippen LogP contribution in [0.15, 0.2) is 47.4 Å². The number of rotatable bonds is 2. The molecule has 0 amide bonds. The molecule has 0 spiro atoms. The second-order valence-electron chi connectivity index (χ2n) is 6.41. The maximum atomic E-state index is 6.14. The van der Waals surface area contributed by atoms with Crippen molar-refractivity contribution in [2.24, 2.45) is 0 Å². The van der Waals surface area contributed by atoms with Crippen molar-refractivity contribution in [1.82, 2.24) is 19.5 Å². The lowest BCUT2D eigenvalue weighted by atomic mass is 10.1. The molecule has 0 aliphatic heterocycles. The molecule has 0 fully saturated rings. The molecule has 0 unspecified atom stereocenters. The molecule has 124 valence electrons. The van der Waals surface area contributed by atoms with Gasteiger partial charge in [0.25, 0.3) is 0 Å². The van der Waals surface area contributed by atoms with Crippen LogP contribution in [0, 0.1) is 0 Å². The number of hydrogen-bond donors (Lipinski definition) is 1. The molecule has 0 atom stereocenters.